The van der Waals surface area contributed by atoms with Gasteiger partial charge in [-0.15, -0.1) is 0 Å². The summed E-state index contributed by atoms with van der Waals surface area (Å²) in [5.74, 6) is 6.76. The second-order valence-corrected chi connectivity index (χ2v) is 13.3. The molecule has 8 nitrogen and oxygen atoms in total. The Balaban J connectivity index is 0.000000255. The molecular weight excluding hydrogens is 707 g/mol. The van der Waals surface area contributed by atoms with E-state index in [2.05, 4.69) is 96.3 Å². The first-order valence-electron chi connectivity index (χ1n) is 15.3. The second kappa shape index (κ2) is 22.9. The van der Waals surface area contributed by atoms with Gasteiger partial charge in [0.1, 0.15) is 15.9 Å². The molecular formula is C38H44N3O5PTc. The summed E-state index contributed by atoms with van der Waals surface area (Å²) >= 11 is 0. The molecule has 5 aromatic rings. The molecule has 0 aliphatic heterocycles. The van der Waals surface area contributed by atoms with E-state index in [1.807, 2.05) is 60.7 Å². The predicted octanol–water partition coefficient (Wildman–Crippen LogP) is 4.21. The third kappa shape index (κ3) is 14.3. The van der Waals surface area contributed by atoms with E-state index in [4.69, 9.17) is 26.3 Å². The number of carboxylic acids is 1. The first kappa shape index (κ1) is 40.6. The van der Waals surface area contributed by atoms with E-state index in [0.29, 0.717) is 13.1 Å². The van der Waals surface area contributed by atoms with E-state index in [-0.39, 0.29) is 20.1 Å². The average Bonchev–Trinajstić information content (AvgIpc) is 3.12. The summed E-state index contributed by atoms with van der Waals surface area (Å²) in [5.41, 5.74) is 1.04. The quantitative estimate of drug-likeness (QED) is 0.0899. The van der Waals surface area contributed by atoms with Gasteiger partial charge in [0, 0.05) is 33.2 Å². The molecule has 0 spiro atoms. The number of aliphatic hydroxyl groups is 3. The molecule has 0 saturated carbocycles. The van der Waals surface area contributed by atoms with Crippen LogP contribution in [0.15, 0.2) is 152 Å². The van der Waals surface area contributed by atoms with Gasteiger partial charge in [-0.2, -0.15) is 0 Å². The molecule has 5 rings (SSSR count). The zero-order valence-corrected chi connectivity index (χ0v) is 29.6. The van der Waals surface area contributed by atoms with Crippen LogP contribution in [0.4, 0.5) is 0 Å². The summed E-state index contributed by atoms with van der Waals surface area (Å²) in [6.07, 6.45) is 0. The van der Waals surface area contributed by atoms with Crippen molar-refractivity contribution in [1.29, 1.82) is 0 Å². The number of hydrogen-bond donors (Lipinski definition) is 5. The number of nitrogens with zero attached hydrogens (tertiary/aromatic N) is 1. The first-order valence-corrected chi connectivity index (χ1v) is 16.8. The van der Waals surface area contributed by atoms with Gasteiger partial charge in [-0.05, 0) is 47.5 Å². The Hall–Kier alpha value is -3.59. The molecule has 10 heteroatoms. The fraction of sp³-hybridized carbons (Fsp3) is 0.184. The molecule has 0 aliphatic rings. The van der Waals surface area contributed by atoms with Gasteiger partial charge in [-0.3, -0.25) is 10.1 Å². The number of rotatable bonds is 13. The van der Waals surface area contributed by atoms with E-state index in [1.165, 1.54) is 27.0 Å². The van der Waals surface area contributed by atoms with Crippen LogP contribution in [0.3, 0.4) is 0 Å². The maximum absolute atomic E-state index is 10.1. The van der Waals surface area contributed by atoms with E-state index in [0.717, 1.165) is 0 Å². The Morgan fingerprint density at radius 3 is 1.15 bits per heavy atom. The molecule has 5 aromatic carbocycles. The zero-order chi connectivity index (χ0) is 33.7. The molecule has 1 radical (unpaired) electrons. The minimum Gasteiger partial charge on any atom is -0.609 e. The van der Waals surface area contributed by atoms with Crippen LogP contribution in [-0.4, -0.2) is 63.3 Å². The summed E-state index contributed by atoms with van der Waals surface area (Å²) in [7, 11) is -0.877. The van der Waals surface area contributed by atoms with Gasteiger partial charge < -0.3 is 31.3 Å². The normalized spacial score (nSPS) is 10.6. The summed E-state index contributed by atoms with van der Waals surface area (Å²) in [6, 6.07) is 52.7. The first-order chi connectivity index (χ1) is 22.9. The molecule has 0 unspecified atom stereocenters. The summed E-state index contributed by atoms with van der Waals surface area (Å²) in [5, 5.41) is 42.6. The van der Waals surface area contributed by atoms with Crippen LogP contribution < -0.4 is 21.2 Å². The third-order valence-electron chi connectivity index (χ3n) is 7.14. The second-order valence-electron chi connectivity index (χ2n) is 10.8. The van der Waals surface area contributed by atoms with Crippen molar-refractivity contribution >= 4 is 29.8 Å². The smallest absolute Gasteiger partial charge is 0.317 e. The molecule has 0 fully saturated rings. The van der Waals surface area contributed by atoms with Gasteiger partial charge in [-0.25, -0.2) is 0 Å². The molecule has 253 valence electrons. The van der Waals surface area contributed by atoms with Gasteiger partial charge in [0.15, 0.2) is 0 Å². The number of aliphatic hydroxyl groups excluding tert-OH is 3. The maximum Gasteiger partial charge on any atom is 0.317 e. The van der Waals surface area contributed by atoms with Crippen molar-refractivity contribution in [3.05, 3.63) is 169 Å². The van der Waals surface area contributed by atoms with Crippen LogP contribution in [-0.2, 0) is 38.0 Å². The van der Waals surface area contributed by atoms with Gasteiger partial charge in [0.2, 0.25) is 0 Å². The van der Waals surface area contributed by atoms with E-state index >= 15 is 0 Å². The minimum atomic E-state index is -1.31. The largest absolute Gasteiger partial charge is 0.609 e. The Morgan fingerprint density at radius 2 is 0.875 bits per heavy atom. The Morgan fingerprint density at radius 1 is 0.583 bits per heavy atom. The van der Waals surface area contributed by atoms with Crippen molar-refractivity contribution in [1.82, 2.24) is 10.3 Å². The maximum atomic E-state index is 10.1. The van der Waals surface area contributed by atoms with Crippen molar-refractivity contribution in [2.24, 2.45) is 0 Å². The molecule has 0 saturated heterocycles. The fourth-order valence-corrected chi connectivity index (χ4v) is 7.14. The number of aliphatic carboxylic acids is 1. The third-order valence-corrected chi connectivity index (χ3v) is 9.87. The molecule has 48 heavy (non-hydrogen) atoms. The standard InChI is InChI=1S/C18H15P.C14H15N2.C6H13NO5.Tc/c1-4-10-16(11-5-1)19(17-12-6-2-7-13-17)18-14-8-3-9-15-18;15-16(11-13-7-3-1-4-8-13)12-14-9-5-2-6-10-14;8-2-6(3-9,4-10)7-1-5(11)12;/h1-15H;1-10,15H,11-12H2;7-10H,1-4H2,(H,11,12);/q;-1;;/p+1. The number of nitrogens with one attached hydrogen (secondary N) is 2. The van der Waals surface area contributed by atoms with Crippen molar-refractivity contribution in [3.8, 4) is 0 Å². The van der Waals surface area contributed by atoms with Crippen LogP contribution in [0.2, 0.25) is 0 Å². The summed E-state index contributed by atoms with van der Waals surface area (Å²) in [6.45, 7) is -0.652. The van der Waals surface area contributed by atoms with Crippen LogP contribution in [0.1, 0.15) is 11.1 Å². The van der Waals surface area contributed by atoms with Crippen molar-refractivity contribution in [3.63, 3.8) is 0 Å². The van der Waals surface area contributed by atoms with Crippen LogP contribution in [0.25, 0.3) is 5.84 Å². The summed E-state index contributed by atoms with van der Waals surface area (Å²) in [4.78, 5) is 10.1. The van der Waals surface area contributed by atoms with Crippen LogP contribution >= 0.6 is 7.92 Å². The van der Waals surface area contributed by atoms with Crippen LogP contribution in [0.5, 0.6) is 0 Å². The Labute approximate surface area is 298 Å². The molecule has 0 bridgehead atoms. The van der Waals surface area contributed by atoms with Gasteiger partial charge >= 0.3 is 5.97 Å². The van der Waals surface area contributed by atoms with Gasteiger partial charge in [0.05, 0.1) is 39.8 Å². The van der Waals surface area contributed by atoms with Crippen LogP contribution in [0, 0.1) is 0 Å². The molecule has 0 heterocycles. The topological polar surface area (TPSA) is 137 Å². The van der Waals surface area contributed by atoms with Crippen molar-refractivity contribution in [2.75, 3.05) is 26.4 Å². The van der Waals surface area contributed by atoms with Crippen molar-refractivity contribution in [2.45, 2.75) is 18.6 Å². The SMILES string of the molecule is O=C(O)CNC(CO)(CO)CO.[NH-]N(Cc1ccccc1)Cc1ccccc1.[Tc].c1ccc([PH+](c2ccccc2)c2ccccc2)cc1. The molecule has 0 amide bonds. The fourth-order valence-electron chi connectivity index (χ4n) is 4.56. The predicted molar refractivity (Wildman–Crippen MR) is 193 cm³/mol. The molecule has 0 aliphatic carbocycles. The number of carbonyl (C=O) groups is 1. The molecule has 6 N–H and O–H groups in total. The summed E-state index contributed by atoms with van der Waals surface area (Å²) < 4.78 is 0. The van der Waals surface area contributed by atoms with E-state index in [9.17, 15) is 4.79 Å². The van der Waals surface area contributed by atoms with E-state index in [1.54, 1.807) is 5.01 Å². The molecule has 0 aromatic heterocycles. The average molecular weight is 752 g/mol. The number of hydrogen-bond acceptors (Lipinski definition) is 6. The van der Waals surface area contributed by atoms with Gasteiger partial charge in [-0.1, -0.05) is 115 Å². The number of carboxylic acid groups (broad SMARTS) is 1. The minimum absolute atomic E-state index is 0. The van der Waals surface area contributed by atoms with Gasteiger partial charge in [0.25, 0.3) is 0 Å². The van der Waals surface area contributed by atoms with E-state index < -0.39 is 45.8 Å². The van der Waals surface area contributed by atoms with Crippen molar-refractivity contribution < 1.29 is 45.3 Å². The zero-order valence-electron chi connectivity index (χ0n) is 26.7. The Kier molecular flexibility index (Phi) is 19.3. The molecule has 0 atom stereocenters. The Bertz CT molecular complexity index is 1390. The monoisotopic (exact) mass is 750 g/mol. The number of benzene rings is 5.